The highest BCUT2D eigenvalue weighted by Gasteiger charge is 2.20. The minimum atomic E-state index is -0.186. The summed E-state index contributed by atoms with van der Waals surface area (Å²) in [6, 6.07) is 4.99. The van der Waals surface area contributed by atoms with Gasteiger partial charge >= 0.3 is 0 Å². The van der Waals surface area contributed by atoms with Crippen LogP contribution in [0.15, 0.2) is 18.2 Å². The molecule has 1 aromatic rings. The molecular formula is C15H23FN2. The van der Waals surface area contributed by atoms with E-state index >= 15 is 0 Å². The van der Waals surface area contributed by atoms with Gasteiger partial charge in [0.1, 0.15) is 5.82 Å². The predicted molar refractivity (Wildman–Crippen MR) is 72.9 cm³/mol. The van der Waals surface area contributed by atoms with Crippen molar-refractivity contribution in [1.82, 2.24) is 5.32 Å². The minimum Gasteiger partial charge on any atom is -0.329 e. The van der Waals surface area contributed by atoms with E-state index in [0.29, 0.717) is 6.54 Å². The van der Waals surface area contributed by atoms with E-state index in [1.165, 1.54) is 31.7 Å². The van der Waals surface area contributed by atoms with Gasteiger partial charge in [-0.15, -0.1) is 0 Å². The van der Waals surface area contributed by atoms with Crippen LogP contribution in [0.5, 0.6) is 0 Å². The van der Waals surface area contributed by atoms with E-state index in [-0.39, 0.29) is 11.9 Å². The molecule has 0 heterocycles. The molecule has 1 atom stereocenters. The van der Waals surface area contributed by atoms with E-state index < -0.39 is 0 Å². The van der Waals surface area contributed by atoms with Crippen LogP contribution in [0.2, 0.25) is 0 Å². The number of rotatable bonds is 7. The van der Waals surface area contributed by atoms with Gasteiger partial charge in [-0.05, 0) is 55.5 Å². The SMILES string of the molecule is Cc1ccc(F)cc1C(CN)NCCCC1CC1. The Morgan fingerprint density at radius 1 is 1.44 bits per heavy atom. The van der Waals surface area contributed by atoms with Crippen molar-refractivity contribution in [3.63, 3.8) is 0 Å². The summed E-state index contributed by atoms with van der Waals surface area (Å²) in [6.07, 6.45) is 5.31. The van der Waals surface area contributed by atoms with Gasteiger partial charge in [-0.25, -0.2) is 4.39 Å². The third-order valence-electron chi connectivity index (χ3n) is 3.73. The number of benzene rings is 1. The molecule has 1 aliphatic carbocycles. The van der Waals surface area contributed by atoms with Crippen LogP contribution in [0.25, 0.3) is 0 Å². The van der Waals surface area contributed by atoms with Crippen LogP contribution in [-0.2, 0) is 0 Å². The highest BCUT2D eigenvalue weighted by molar-refractivity contribution is 5.29. The van der Waals surface area contributed by atoms with Crippen molar-refractivity contribution in [2.24, 2.45) is 11.7 Å². The highest BCUT2D eigenvalue weighted by atomic mass is 19.1. The average Bonchev–Trinajstić information content (AvgIpc) is 3.17. The number of aryl methyl sites for hydroxylation is 1. The summed E-state index contributed by atoms with van der Waals surface area (Å²) in [7, 11) is 0. The molecule has 0 radical (unpaired) electrons. The zero-order chi connectivity index (χ0) is 13.0. The first-order valence-electron chi connectivity index (χ1n) is 6.90. The summed E-state index contributed by atoms with van der Waals surface area (Å²) in [4.78, 5) is 0. The monoisotopic (exact) mass is 250 g/mol. The number of nitrogens with one attached hydrogen (secondary N) is 1. The zero-order valence-corrected chi connectivity index (χ0v) is 11.1. The summed E-state index contributed by atoms with van der Waals surface area (Å²) < 4.78 is 13.3. The maximum atomic E-state index is 13.3. The molecule has 1 aliphatic rings. The van der Waals surface area contributed by atoms with Gasteiger partial charge in [0.05, 0.1) is 0 Å². The third-order valence-corrected chi connectivity index (χ3v) is 3.73. The molecule has 2 rings (SSSR count). The first-order chi connectivity index (χ1) is 8.70. The molecule has 3 N–H and O–H groups in total. The van der Waals surface area contributed by atoms with Gasteiger partial charge in [0.15, 0.2) is 0 Å². The molecule has 1 saturated carbocycles. The molecule has 1 fully saturated rings. The number of nitrogens with two attached hydrogens (primary N) is 1. The lowest BCUT2D eigenvalue weighted by molar-refractivity contribution is 0.507. The van der Waals surface area contributed by atoms with Gasteiger partial charge < -0.3 is 11.1 Å². The highest BCUT2D eigenvalue weighted by Crippen LogP contribution is 2.33. The van der Waals surface area contributed by atoms with Crippen LogP contribution in [0.1, 0.15) is 42.9 Å². The van der Waals surface area contributed by atoms with E-state index in [4.69, 9.17) is 5.73 Å². The number of hydrogen-bond donors (Lipinski definition) is 2. The van der Waals surface area contributed by atoms with Gasteiger partial charge in [-0.3, -0.25) is 0 Å². The Labute approximate surface area is 109 Å². The lowest BCUT2D eigenvalue weighted by atomic mass is 10.0. The maximum absolute atomic E-state index is 13.3. The van der Waals surface area contributed by atoms with E-state index in [2.05, 4.69) is 5.32 Å². The molecule has 0 saturated heterocycles. The lowest BCUT2D eigenvalue weighted by Gasteiger charge is -2.19. The molecule has 2 nitrogen and oxygen atoms in total. The molecule has 3 heteroatoms. The second-order valence-corrected chi connectivity index (χ2v) is 5.33. The van der Waals surface area contributed by atoms with Crippen LogP contribution in [0, 0.1) is 18.7 Å². The molecular weight excluding hydrogens is 227 g/mol. The molecule has 0 aliphatic heterocycles. The lowest BCUT2D eigenvalue weighted by Crippen LogP contribution is -2.29. The van der Waals surface area contributed by atoms with Crippen LogP contribution < -0.4 is 11.1 Å². The standard InChI is InChI=1S/C15H23FN2/c1-11-4-7-13(16)9-14(11)15(10-17)18-8-2-3-12-5-6-12/h4,7,9,12,15,18H,2-3,5-6,8,10,17H2,1H3. The molecule has 18 heavy (non-hydrogen) atoms. The average molecular weight is 250 g/mol. The topological polar surface area (TPSA) is 38.0 Å². The van der Waals surface area contributed by atoms with Crippen molar-refractivity contribution in [3.8, 4) is 0 Å². The normalized spacial score (nSPS) is 16.8. The molecule has 100 valence electrons. The largest absolute Gasteiger partial charge is 0.329 e. The van der Waals surface area contributed by atoms with Crippen LogP contribution >= 0.6 is 0 Å². The molecule has 0 aromatic heterocycles. The van der Waals surface area contributed by atoms with Crippen molar-refractivity contribution in [3.05, 3.63) is 35.1 Å². The predicted octanol–water partition coefficient (Wildman–Crippen LogP) is 2.91. The fourth-order valence-electron chi connectivity index (χ4n) is 2.38. The molecule has 1 unspecified atom stereocenters. The van der Waals surface area contributed by atoms with E-state index in [0.717, 1.165) is 23.6 Å². The molecule has 0 spiro atoms. The Balaban J connectivity index is 1.87. The Morgan fingerprint density at radius 3 is 2.89 bits per heavy atom. The van der Waals surface area contributed by atoms with Crippen molar-refractivity contribution in [1.29, 1.82) is 0 Å². The van der Waals surface area contributed by atoms with Crippen LogP contribution in [0.3, 0.4) is 0 Å². The van der Waals surface area contributed by atoms with Gasteiger partial charge in [0, 0.05) is 12.6 Å². The van der Waals surface area contributed by atoms with Crippen LogP contribution in [0.4, 0.5) is 4.39 Å². The fourth-order valence-corrected chi connectivity index (χ4v) is 2.38. The first kappa shape index (κ1) is 13.5. The molecule has 0 amide bonds. The summed E-state index contributed by atoms with van der Waals surface area (Å²) in [5.74, 6) is 0.785. The Morgan fingerprint density at radius 2 is 2.22 bits per heavy atom. The van der Waals surface area contributed by atoms with Crippen molar-refractivity contribution >= 4 is 0 Å². The Kier molecular flexibility index (Phi) is 4.72. The van der Waals surface area contributed by atoms with E-state index in [9.17, 15) is 4.39 Å². The van der Waals surface area contributed by atoms with Crippen molar-refractivity contribution in [2.75, 3.05) is 13.1 Å². The van der Waals surface area contributed by atoms with Gasteiger partial charge in [-0.2, -0.15) is 0 Å². The van der Waals surface area contributed by atoms with Crippen molar-refractivity contribution < 1.29 is 4.39 Å². The second-order valence-electron chi connectivity index (χ2n) is 5.33. The van der Waals surface area contributed by atoms with Gasteiger partial charge in [0.25, 0.3) is 0 Å². The first-order valence-corrected chi connectivity index (χ1v) is 6.90. The summed E-state index contributed by atoms with van der Waals surface area (Å²) in [6.45, 7) is 3.48. The Bertz CT molecular complexity index is 388. The van der Waals surface area contributed by atoms with Crippen molar-refractivity contribution in [2.45, 2.75) is 38.6 Å². The minimum absolute atomic E-state index is 0.0694. The summed E-state index contributed by atoms with van der Waals surface area (Å²) in [5, 5.41) is 3.45. The number of halogens is 1. The molecule has 1 aromatic carbocycles. The summed E-state index contributed by atoms with van der Waals surface area (Å²) in [5.41, 5.74) is 7.88. The molecule has 0 bridgehead atoms. The third kappa shape index (κ3) is 3.79. The number of hydrogen-bond acceptors (Lipinski definition) is 2. The summed E-state index contributed by atoms with van der Waals surface area (Å²) >= 11 is 0. The Hall–Kier alpha value is -0.930. The smallest absolute Gasteiger partial charge is 0.123 e. The fraction of sp³-hybridized carbons (Fsp3) is 0.600. The van der Waals surface area contributed by atoms with E-state index in [1.807, 2.05) is 13.0 Å². The maximum Gasteiger partial charge on any atom is 0.123 e. The second kappa shape index (κ2) is 6.30. The van der Waals surface area contributed by atoms with Gasteiger partial charge in [-0.1, -0.05) is 18.9 Å². The quantitative estimate of drug-likeness (QED) is 0.730. The van der Waals surface area contributed by atoms with Crippen LogP contribution in [-0.4, -0.2) is 13.1 Å². The zero-order valence-electron chi connectivity index (χ0n) is 11.1. The van der Waals surface area contributed by atoms with E-state index in [1.54, 1.807) is 6.07 Å². The van der Waals surface area contributed by atoms with Gasteiger partial charge in [0.2, 0.25) is 0 Å².